The Kier molecular flexibility index (Phi) is 9.81. The Hall–Kier alpha value is -3.72. The topological polar surface area (TPSA) is 92.3 Å². The highest BCUT2D eigenvalue weighted by Crippen LogP contribution is 2.44. The largest absolute Gasteiger partial charge is 0.333 e. The Morgan fingerprint density at radius 1 is 0.512 bits per heavy atom. The summed E-state index contributed by atoms with van der Waals surface area (Å²) >= 11 is 0. The highest BCUT2D eigenvalue weighted by molar-refractivity contribution is 7.79. The third-order valence-electron chi connectivity index (χ3n) is 7.39. The molecule has 0 saturated carbocycles. The lowest BCUT2D eigenvalue weighted by Crippen LogP contribution is -2.61. The van der Waals surface area contributed by atoms with Crippen molar-refractivity contribution in [3.63, 3.8) is 0 Å². The standard InChI is InChI=1S/C33H36N2O4P2/c1-3-33(4-2,34-31(36)25-40(38,27-17-9-5-10-18-27)28-19-11-6-12-20-28)35-32(37)26-41(39,29-21-13-7-14-22-29)30-23-15-8-16-24-30/h5-24H,3-4,25-26H2,1-2H3,(H,34,36)(H,35,37). The number of carbonyl (C=O) groups is 2. The van der Waals surface area contributed by atoms with E-state index in [1.165, 1.54) is 0 Å². The van der Waals surface area contributed by atoms with Gasteiger partial charge in [-0.1, -0.05) is 135 Å². The van der Waals surface area contributed by atoms with E-state index in [4.69, 9.17) is 0 Å². The van der Waals surface area contributed by atoms with Gasteiger partial charge in [-0.05, 0) is 12.8 Å². The summed E-state index contributed by atoms with van der Waals surface area (Å²) in [6.45, 7) is 3.73. The van der Waals surface area contributed by atoms with Crippen LogP contribution in [0.15, 0.2) is 121 Å². The third kappa shape index (κ3) is 6.96. The monoisotopic (exact) mass is 586 g/mol. The van der Waals surface area contributed by atoms with Gasteiger partial charge in [-0.3, -0.25) is 9.59 Å². The van der Waals surface area contributed by atoms with Crippen LogP contribution in [0.4, 0.5) is 0 Å². The summed E-state index contributed by atoms with van der Waals surface area (Å²) in [6.07, 6.45) is 0.294. The molecule has 0 aliphatic carbocycles. The highest BCUT2D eigenvalue weighted by Gasteiger charge is 2.37. The molecule has 0 fully saturated rings. The molecule has 6 nitrogen and oxygen atoms in total. The van der Waals surface area contributed by atoms with Crippen LogP contribution in [0, 0.1) is 0 Å². The van der Waals surface area contributed by atoms with Gasteiger partial charge < -0.3 is 19.8 Å². The van der Waals surface area contributed by atoms with Crippen LogP contribution in [0.1, 0.15) is 26.7 Å². The van der Waals surface area contributed by atoms with Crippen molar-refractivity contribution >= 4 is 47.3 Å². The van der Waals surface area contributed by atoms with Crippen molar-refractivity contribution in [1.29, 1.82) is 0 Å². The zero-order valence-corrected chi connectivity index (χ0v) is 25.2. The van der Waals surface area contributed by atoms with Crippen molar-refractivity contribution in [1.82, 2.24) is 10.6 Å². The van der Waals surface area contributed by atoms with Gasteiger partial charge in [0.25, 0.3) is 0 Å². The minimum atomic E-state index is -3.30. The first-order chi connectivity index (χ1) is 19.7. The predicted octanol–water partition coefficient (Wildman–Crippen LogP) is 4.76. The molecule has 4 aromatic carbocycles. The lowest BCUT2D eigenvalue weighted by molar-refractivity contribution is -0.124. The Bertz CT molecular complexity index is 1340. The number of amides is 2. The fraction of sp³-hybridized carbons (Fsp3) is 0.212. The second-order valence-electron chi connectivity index (χ2n) is 10.0. The number of nitrogens with one attached hydrogen (secondary N) is 2. The number of benzene rings is 4. The molecule has 41 heavy (non-hydrogen) atoms. The summed E-state index contributed by atoms with van der Waals surface area (Å²) in [4.78, 5) is 27.1. The first kappa shape index (κ1) is 30.2. The molecule has 4 aromatic rings. The molecule has 0 aromatic heterocycles. The molecule has 0 aliphatic heterocycles. The minimum absolute atomic E-state index is 0.245. The fourth-order valence-electron chi connectivity index (χ4n) is 4.99. The molecule has 0 radical (unpaired) electrons. The van der Waals surface area contributed by atoms with Gasteiger partial charge in [0.05, 0.1) is 12.3 Å². The maximum atomic E-state index is 14.4. The molecule has 0 atom stereocenters. The quantitative estimate of drug-likeness (QED) is 0.185. The van der Waals surface area contributed by atoms with Crippen LogP contribution in [-0.4, -0.2) is 29.8 Å². The average Bonchev–Trinajstić information content (AvgIpc) is 3.02. The average molecular weight is 587 g/mol. The molecular weight excluding hydrogens is 550 g/mol. The van der Waals surface area contributed by atoms with E-state index >= 15 is 0 Å². The fourth-order valence-corrected chi connectivity index (χ4v) is 9.90. The van der Waals surface area contributed by atoms with E-state index in [2.05, 4.69) is 10.6 Å². The maximum absolute atomic E-state index is 14.4. The second kappa shape index (κ2) is 13.3. The first-order valence-electron chi connectivity index (χ1n) is 13.8. The van der Waals surface area contributed by atoms with Gasteiger partial charge in [-0.25, -0.2) is 0 Å². The van der Waals surface area contributed by atoms with Crippen LogP contribution in [0.3, 0.4) is 0 Å². The predicted molar refractivity (Wildman–Crippen MR) is 169 cm³/mol. The summed E-state index contributed by atoms with van der Waals surface area (Å²) in [5.74, 6) is -0.862. The number of rotatable bonds is 12. The lowest BCUT2D eigenvalue weighted by Gasteiger charge is -2.35. The molecule has 2 N–H and O–H groups in total. The molecule has 0 bridgehead atoms. The Morgan fingerprint density at radius 2 is 0.756 bits per heavy atom. The Morgan fingerprint density at radius 3 is 0.976 bits per heavy atom. The van der Waals surface area contributed by atoms with E-state index in [9.17, 15) is 18.7 Å². The lowest BCUT2D eigenvalue weighted by atomic mass is 10.0. The molecule has 2 amide bonds. The smallest absolute Gasteiger partial charge is 0.229 e. The van der Waals surface area contributed by atoms with E-state index in [1.807, 2.05) is 86.6 Å². The maximum Gasteiger partial charge on any atom is 0.229 e. The summed E-state index contributed by atoms with van der Waals surface area (Å²) in [6, 6.07) is 36.1. The normalized spacial score (nSPS) is 12.0. The number of carbonyl (C=O) groups excluding carboxylic acids is 2. The van der Waals surface area contributed by atoms with Crippen LogP contribution in [0.25, 0.3) is 0 Å². The molecule has 8 heteroatoms. The van der Waals surface area contributed by atoms with Gasteiger partial charge in [-0.15, -0.1) is 0 Å². The zero-order valence-electron chi connectivity index (χ0n) is 23.4. The first-order valence-corrected chi connectivity index (χ1v) is 17.6. The summed E-state index contributed by atoms with van der Waals surface area (Å²) in [5.41, 5.74) is -1.09. The van der Waals surface area contributed by atoms with E-state index in [0.717, 1.165) is 0 Å². The summed E-state index contributed by atoms with van der Waals surface area (Å²) in [5, 5.41) is 8.35. The van der Waals surface area contributed by atoms with E-state index in [-0.39, 0.29) is 12.3 Å². The molecule has 0 aliphatic rings. The van der Waals surface area contributed by atoms with Gasteiger partial charge in [0.2, 0.25) is 11.8 Å². The highest BCUT2D eigenvalue weighted by atomic mass is 31.2. The molecule has 212 valence electrons. The Labute approximate surface area is 242 Å². The minimum Gasteiger partial charge on any atom is -0.333 e. The van der Waals surface area contributed by atoms with Crippen LogP contribution >= 0.6 is 14.3 Å². The van der Waals surface area contributed by atoms with Gasteiger partial charge >= 0.3 is 0 Å². The van der Waals surface area contributed by atoms with Crippen molar-refractivity contribution in [3.05, 3.63) is 121 Å². The van der Waals surface area contributed by atoms with Crippen LogP contribution in [-0.2, 0) is 18.7 Å². The van der Waals surface area contributed by atoms with Crippen molar-refractivity contribution in [3.8, 4) is 0 Å². The molecular formula is C33H36N2O4P2. The summed E-state index contributed by atoms with van der Waals surface area (Å²) < 4.78 is 28.9. The van der Waals surface area contributed by atoms with Crippen LogP contribution in [0.2, 0.25) is 0 Å². The van der Waals surface area contributed by atoms with Gasteiger partial charge in [0.1, 0.15) is 5.66 Å². The molecule has 4 rings (SSSR count). The van der Waals surface area contributed by atoms with E-state index in [1.54, 1.807) is 48.5 Å². The van der Waals surface area contributed by atoms with Crippen molar-refractivity contribution in [2.75, 3.05) is 12.3 Å². The third-order valence-corrected chi connectivity index (χ3v) is 13.4. The van der Waals surface area contributed by atoms with E-state index in [0.29, 0.717) is 34.1 Å². The molecule has 0 saturated heterocycles. The second-order valence-corrected chi connectivity index (χ2v) is 15.7. The van der Waals surface area contributed by atoms with Gasteiger partial charge in [-0.2, -0.15) is 0 Å². The van der Waals surface area contributed by atoms with Gasteiger partial charge in [0, 0.05) is 21.2 Å². The van der Waals surface area contributed by atoms with Gasteiger partial charge in [0.15, 0.2) is 14.3 Å². The number of hydrogen-bond acceptors (Lipinski definition) is 4. The van der Waals surface area contributed by atoms with Crippen molar-refractivity contribution in [2.45, 2.75) is 32.4 Å². The summed E-state index contributed by atoms with van der Waals surface area (Å²) in [7, 11) is -6.61. The number of hydrogen-bond donors (Lipinski definition) is 2. The molecule has 0 heterocycles. The van der Waals surface area contributed by atoms with Crippen LogP contribution < -0.4 is 31.9 Å². The Balaban J connectivity index is 1.58. The van der Waals surface area contributed by atoms with E-state index < -0.39 is 31.8 Å². The zero-order chi connectivity index (χ0) is 29.3. The van der Waals surface area contributed by atoms with Crippen LogP contribution in [0.5, 0.6) is 0 Å². The molecule has 0 spiro atoms. The SMILES string of the molecule is CCC(CC)(NC(=O)CP(=O)(c1ccccc1)c1ccccc1)NC(=O)CP(=O)(c1ccccc1)c1ccccc1. The van der Waals surface area contributed by atoms with Crippen molar-refractivity contribution < 1.29 is 18.7 Å². The molecule has 0 unspecified atom stereocenters. The van der Waals surface area contributed by atoms with Crippen molar-refractivity contribution in [2.24, 2.45) is 0 Å².